The van der Waals surface area contributed by atoms with E-state index in [2.05, 4.69) is 16.1 Å². The summed E-state index contributed by atoms with van der Waals surface area (Å²) < 4.78 is 2.87. The molecule has 0 saturated heterocycles. The summed E-state index contributed by atoms with van der Waals surface area (Å²) in [6, 6.07) is 18.1. The van der Waals surface area contributed by atoms with Crippen LogP contribution in [0.3, 0.4) is 0 Å². The Labute approximate surface area is 131 Å². The summed E-state index contributed by atoms with van der Waals surface area (Å²) in [5.41, 5.74) is 10.3. The minimum absolute atomic E-state index is 0.628. The lowest BCUT2D eigenvalue weighted by molar-refractivity contribution is 0.865. The lowest BCUT2D eigenvalue weighted by atomic mass is 10.1. The summed E-state index contributed by atoms with van der Waals surface area (Å²) in [6.07, 6.45) is 0. The molecule has 0 atom stereocenters. The fraction of sp³-hybridized carbons (Fsp3) is 0.0588. The van der Waals surface area contributed by atoms with Crippen molar-refractivity contribution in [1.82, 2.24) is 14.8 Å². The first kappa shape index (κ1) is 13.0. The van der Waals surface area contributed by atoms with Gasteiger partial charge in [0.1, 0.15) is 5.82 Å². The quantitative estimate of drug-likeness (QED) is 0.608. The number of para-hydroxylation sites is 1. The highest BCUT2D eigenvalue weighted by Gasteiger charge is 2.17. The molecule has 108 valence electrons. The van der Waals surface area contributed by atoms with Crippen LogP contribution in [-0.4, -0.2) is 14.8 Å². The number of nitrogens with two attached hydrogens (primary N) is 1. The molecule has 0 aliphatic heterocycles. The zero-order valence-electron chi connectivity index (χ0n) is 12.0. The summed E-state index contributed by atoms with van der Waals surface area (Å²) in [5, 5.41) is 5.39. The van der Waals surface area contributed by atoms with E-state index in [1.165, 1.54) is 0 Å². The van der Waals surface area contributed by atoms with Crippen molar-refractivity contribution < 1.29 is 0 Å². The van der Waals surface area contributed by atoms with E-state index in [4.69, 9.17) is 5.73 Å². The molecule has 4 nitrogen and oxygen atoms in total. The van der Waals surface area contributed by atoms with Crippen LogP contribution < -0.4 is 5.73 Å². The molecule has 0 amide bonds. The van der Waals surface area contributed by atoms with Crippen molar-refractivity contribution >= 4 is 27.4 Å². The molecule has 0 saturated carbocycles. The van der Waals surface area contributed by atoms with E-state index < -0.39 is 0 Å². The number of thiazole rings is 1. The van der Waals surface area contributed by atoms with Crippen LogP contribution in [0.2, 0.25) is 0 Å². The van der Waals surface area contributed by atoms with E-state index in [1.54, 1.807) is 16.0 Å². The van der Waals surface area contributed by atoms with E-state index >= 15 is 0 Å². The summed E-state index contributed by atoms with van der Waals surface area (Å²) in [4.78, 5) is 4.63. The second kappa shape index (κ2) is 4.96. The van der Waals surface area contributed by atoms with Gasteiger partial charge in [0.15, 0.2) is 0 Å². The predicted octanol–water partition coefficient (Wildman–Crippen LogP) is 4.04. The van der Waals surface area contributed by atoms with Crippen molar-refractivity contribution in [2.75, 3.05) is 5.73 Å². The van der Waals surface area contributed by atoms with Crippen LogP contribution in [0.4, 0.5) is 5.82 Å². The van der Waals surface area contributed by atoms with Gasteiger partial charge in [-0.2, -0.15) is 9.78 Å². The molecule has 4 rings (SSSR count). The average Bonchev–Trinajstić information content (AvgIpc) is 3.09. The molecule has 2 N–H and O–H groups in total. The molecule has 0 aliphatic carbocycles. The molecular formula is C17H14N4S. The van der Waals surface area contributed by atoms with E-state index in [0.29, 0.717) is 5.82 Å². The number of nitrogens with zero attached hydrogens (tertiary/aromatic N) is 3. The van der Waals surface area contributed by atoms with Gasteiger partial charge < -0.3 is 5.73 Å². The smallest absolute Gasteiger partial charge is 0.213 e. The molecule has 0 bridgehead atoms. The first-order valence-corrected chi connectivity index (χ1v) is 7.82. The number of aromatic nitrogens is 3. The highest BCUT2D eigenvalue weighted by Crippen LogP contribution is 2.33. The molecule has 2 aromatic heterocycles. The van der Waals surface area contributed by atoms with Crippen molar-refractivity contribution in [2.24, 2.45) is 0 Å². The molecule has 2 heterocycles. The number of anilines is 1. The number of aryl methyl sites for hydroxylation is 1. The van der Waals surface area contributed by atoms with Crippen LogP contribution in [0.1, 0.15) is 5.69 Å². The van der Waals surface area contributed by atoms with Gasteiger partial charge in [-0.3, -0.25) is 0 Å². The Morgan fingerprint density at radius 1 is 1.00 bits per heavy atom. The second-order valence-corrected chi connectivity index (χ2v) is 6.10. The Balaban J connectivity index is 1.90. The fourth-order valence-electron chi connectivity index (χ4n) is 2.60. The van der Waals surface area contributed by atoms with Crippen LogP contribution in [-0.2, 0) is 0 Å². The van der Waals surface area contributed by atoms with Crippen molar-refractivity contribution in [2.45, 2.75) is 6.92 Å². The molecule has 5 heteroatoms. The zero-order valence-corrected chi connectivity index (χ0v) is 12.8. The molecule has 22 heavy (non-hydrogen) atoms. The number of benzene rings is 2. The number of rotatable bonds is 2. The Hall–Kier alpha value is -2.66. The number of hydrogen-bond acceptors (Lipinski definition) is 4. The number of hydrogen-bond donors (Lipinski definition) is 1. The first-order valence-electron chi connectivity index (χ1n) is 7.00. The molecule has 0 radical (unpaired) electrons. The summed E-state index contributed by atoms with van der Waals surface area (Å²) >= 11 is 1.59. The lowest BCUT2D eigenvalue weighted by Gasteiger charge is -2.02. The van der Waals surface area contributed by atoms with Crippen molar-refractivity contribution in [3.63, 3.8) is 0 Å². The molecular weight excluding hydrogens is 292 g/mol. The van der Waals surface area contributed by atoms with Gasteiger partial charge in [0.05, 0.1) is 15.9 Å². The average molecular weight is 306 g/mol. The van der Waals surface area contributed by atoms with E-state index in [-0.39, 0.29) is 0 Å². The molecule has 0 aliphatic rings. The van der Waals surface area contributed by atoms with Crippen LogP contribution in [0.25, 0.3) is 26.5 Å². The van der Waals surface area contributed by atoms with E-state index in [0.717, 1.165) is 32.2 Å². The maximum atomic E-state index is 6.36. The van der Waals surface area contributed by atoms with Crippen LogP contribution in [0.15, 0.2) is 54.6 Å². The Kier molecular flexibility index (Phi) is 2.94. The highest BCUT2D eigenvalue weighted by atomic mass is 32.1. The maximum Gasteiger partial charge on any atom is 0.213 e. The zero-order chi connectivity index (χ0) is 15.1. The number of fused-ring (bicyclic) bond motifs is 1. The Bertz CT molecular complexity index is 920. The first-order chi connectivity index (χ1) is 10.7. The molecule has 4 aromatic rings. The topological polar surface area (TPSA) is 56.7 Å². The standard InChI is InChI=1S/C17H14N4S/c1-11-15(12-7-3-2-4-8-12)16(18)21(20-11)17-19-13-9-5-6-10-14(13)22-17/h2-10H,18H2,1H3. The van der Waals surface area contributed by atoms with E-state index in [9.17, 15) is 0 Å². The van der Waals surface area contributed by atoms with Gasteiger partial charge in [-0.25, -0.2) is 4.98 Å². The summed E-state index contributed by atoms with van der Waals surface area (Å²) in [7, 11) is 0. The highest BCUT2D eigenvalue weighted by molar-refractivity contribution is 7.20. The third-order valence-corrected chi connectivity index (χ3v) is 4.63. The third-order valence-electron chi connectivity index (χ3n) is 3.62. The second-order valence-electron chi connectivity index (χ2n) is 5.09. The Morgan fingerprint density at radius 2 is 1.73 bits per heavy atom. The van der Waals surface area contributed by atoms with Gasteiger partial charge in [0, 0.05) is 5.56 Å². The van der Waals surface area contributed by atoms with Gasteiger partial charge >= 0.3 is 0 Å². The molecule has 0 fully saturated rings. The van der Waals surface area contributed by atoms with Gasteiger partial charge in [0.2, 0.25) is 5.13 Å². The minimum atomic E-state index is 0.628. The Morgan fingerprint density at radius 3 is 2.50 bits per heavy atom. The van der Waals surface area contributed by atoms with Gasteiger partial charge in [0.25, 0.3) is 0 Å². The third kappa shape index (κ3) is 1.98. The van der Waals surface area contributed by atoms with Crippen LogP contribution in [0, 0.1) is 6.92 Å². The van der Waals surface area contributed by atoms with Crippen molar-refractivity contribution in [3.05, 3.63) is 60.3 Å². The summed E-state index contributed by atoms with van der Waals surface area (Å²) in [6.45, 7) is 1.97. The van der Waals surface area contributed by atoms with Gasteiger partial charge in [-0.1, -0.05) is 53.8 Å². The lowest BCUT2D eigenvalue weighted by Crippen LogP contribution is -2.01. The van der Waals surface area contributed by atoms with Crippen LogP contribution >= 0.6 is 11.3 Å². The van der Waals surface area contributed by atoms with E-state index in [1.807, 2.05) is 55.5 Å². The van der Waals surface area contributed by atoms with Crippen molar-refractivity contribution in [3.8, 4) is 16.3 Å². The maximum absolute atomic E-state index is 6.36. The van der Waals surface area contributed by atoms with Gasteiger partial charge in [-0.05, 0) is 24.6 Å². The largest absolute Gasteiger partial charge is 0.383 e. The van der Waals surface area contributed by atoms with Crippen LogP contribution in [0.5, 0.6) is 0 Å². The predicted molar refractivity (Wildman–Crippen MR) is 91.3 cm³/mol. The molecule has 0 spiro atoms. The van der Waals surface area contributed by atoms with Gasteiger partial charge in [-0.15, -0.1) is 0 Å². The normalized spacial score (nSPS) is 11.1. The monoisotopic (exact) mass is 306 g/mol. The number of nitrogen functional groups attached to an aromatic ring is 1. The fourth-order valence-corrected chi connectivity index (χ4v) is 3.53. The molecule has 0 unspecified atom stereocenters. The minimum Gasteiger partial charge on any atom is -0.383 e. The molecule has 2 aromatic carbocycles. The summed E-state index contributed by atoms with van der Waals surface area (Å²) in [5.74, 6) is 0.628. The SMILES string of the molecule is Cc1nn(-c2nc3ccccc3s2)c(N)c1-c1ccccc1. The van der Waals surface area contributed by atoms with Crippen molar-refractivity contribution in [1.29, 1.82) is 0 Å².